The van der Waals surface area contributed by atoms with E-state index in [1.54, 1.807) is 12.4 Å². The summed E-state index contributed by atoms with van der Waals surface area (Å²) < 4.78 is 1.51. The van der Waals surface area contributed by atoms with Gasteiger partial charge >= 0.3 is 5.97 Å². The van der Waals surface area contributed by atoms with Gasteiger partial charge in [-0.05, 0) is 17.9 Å². The number of aryl methyl sites for hydroxylation is 1. The first-order chi connectivity index (χ1) is 6.32. The van der Waals surface area contributed by atoms with Crippen LogP contribution in [0.3, 0.4) is 0 Å². The van der Waals surface area contributed by atoms with Gasteiger partial charge in [0, 0.05) is 6.20 Å². The first-order valence-corrected chi connectivity index (χ1v) is 4.56. The predicted octanol–water partition coefficient (Wildman–Crippen LogP) is 1.86. The zero-order valence-electron chi connectivity index (χ0n) is 8.98. The highest BCUT2D eigenvalue weighted by Gasteiger charge is 2.33. The van der Waals surface area contributed by atoms with E-state index in [0.717, 1.165) is 5.56 Å². The SMILES string of the molecule is Cc1cnn(C(C(=O)O)C(C)(C)C)c1. The summed E-state index contributed by atoms with van der Waals surface area (Å²) in [6.07, 6.45) is 3.42. The molecule has 0 spiro atoms. The molecule has 1 aromatic rings. The Morgan fingerprint density at radius 1 is 1.57 bits per heavy atom. The zero-order valence-corrected chi connectivity index (χ0v) is 8.98. The van der Waals surface area contributed by atoms with Crippen LogP contribution in [-0.2, 0) is 4.79 Å². The van der Waals surface area contributed by atoms with Crippen molar-refractivity contribution in [2.75, 3.05) is 0 Å². The van der Waals surface area contributed by atoms with E-state index in [1.807, 2.05) is 27.7 Å². The summed E-state index contributed by atoms with van der Waals surface area (Å²) in [5.74, 6) is -0.847. The van der Waals surface area contributed by atoms with Crippen LogP contribution in [0.1, 0.15) is 32.4 Å². The fraction of sp³-hybridized carbons (Fsp3) is 0.600. The number of hydrogen-bond acceptors (Lipinski definition) is 2. The third kappa shape index (κ3) is 2.13. The number of carboxylic acid groups (broad SMARTS) is 1. The van der Waals surface area contributed by atoms with Crippen molar-refractivity contribution in [3.8, 4) is 0 Å². The van der Waals surface area contributed by atoms with E-state index in [0.29, 0.717) is 0 Å². The second-order valence-electron chi connectivity index (χ2n) is 4.60. The molecule has 0 aliphatic heterocycles. The maximum Gasteiger partial charge on any atom is 0.329 e. The molecule has 1 aromatic heterocycles. The van der Waals surface area contributed by atoms with Gasteiger partial charge in [-0.15, -0.1) is 0 Å². The molecule has 4 nitrogen and oxygen atoms in total. The van der Waals surface area contributed by atoms with Crippen molar-refractivity contribution in [1.29, 1.82) is 0 Å². The molecule has 0 saturated carbocycles. The van der Waals surface area contributed by atoms with E-state index in [1.165, 1.54) is 4.68 Å². The van der Waals surface area contributed by atoms with Gasteiger partial charge in [-0.3, -0.25) is 4.68 Å². The Balaban J connectivity index is 3.07. The Kier molecular flexibility index (Phi) is 2.64. The fourth-order valence-electron chi connectivity index (χ4n) is 1.45. The number of aliphatic carboxylic acids is 1. The lowest BCUT2D eigenvalue weighted by Gasteiger charge is -2.26. The third-order valence-electron chi connectivity index (χ3n) is 2.05. The Morgan fingerprint density at radius 3 is 2.43 bits per heavy atom. The van der Waals surface area contributed by atoms with Crippen LogP contribution in [0.2, 0.25) is 0 Å². The standard InChI is InChI=1S/C10H16N2O2/c1-7-5-11-12(6-7)8(9(13)14)10(2,3)4/h5-6,8H,1-4H3,(H,13,14). The number of carboxylic acids is 1. The van der Waals surface area contributed by atoms with E-state index < -0.39 is 12.0 Å². The molecular formula is C10H16N2O2. The van der Waals surface area contributed by atoms with E-state index in [2.05, 4.69) is 5.10 Å². The normalized spacial score (nSPS) is 14.0. The highest BCUT2D eigenvalue weighted by atomic mass is 16.4. The topological polar surface area (TPSA) is 55.1 Å². The number of hydrogen-bond donors (Lipinski definition) is 1. The van der Waals surface area contributed by atoms with Crippen LogP contribution >= 0.6 is 0 Å². The summed E-state index contributed by atoms with van der Waals surface area (Å²) in [4.78, 5) is 11.1. The van der Waals surface area contributed by atoms with Gasteiger partial charge in [0.2, 0.25) is 0 Å². The molecule has 0 bridgehead atoms. The lowest BCUT2D eigenvalue weighted by atomic mass is 9.87. The number of aromatic nitrogens is 2. The molecule has 0 aliphatic carbocycles. The van der Waals surface area contributed by atoms with Crippen molar-refractivity contribution in [2.45, 2.75) is 33.7 Å². The maximum absolute atomic E-state index is 11.1. The van der Waals surface area contributed by atoms with Crippen molar-refractivity contribution < 1.29 is 9.90 Å². The monoisotopic (exact) mass is 196 g/mol. The highest BCUT2D eigenvalue weighted by molar-refractivity contribution is 5.72. The largest absolute Gasteiger partial charge is 0.480 e. The minimum Gasteiger partial charge on any atom is -0.480 e. The van der Waals surface area contributed by atoms with Crippen molar-refractivity contribution in [1.82, 2.24) is 9.78 Å². The number of nitrogens with zero attached hydrogens (tertiary/aromatic N) is 2. The van der Waals surface area contributed by atoms with Gasteiger partial charge < -0.3 is 5.11 Å². The molecule has 1 heterocycles. The third-order valence-corrected chi connectivity index (χ3v) is 2.05. The Bertz CT molecular complexity index is 336. The molecule has 78 valence electrons. The van der Waals surface area contributed by atoms with Gasteiger partial charge in [0.15, 0.2) is 6.04 Å². The first kappa shape index (κ1) is 10.8. The van der Waals surface area contributed by atoms with Crippen LogP contribution in [0.15, 0.2) is 12.4 Å². The van der Waals surface area contributed by atoms with Gasteiger partial charge in [0.1, 0.15) is 0 Å². The van der Waals surface area contributed by atoms with E-state index >= 15 is 0 Å². The average molecular weight is 196 g/mol. The molecule has 1 unspecified atom stereocenters. The van der Waals surface area contributed by atoms with Gasteiger partial charge in [-0.25, -0.2) is 4.79 Å². The van der Waals surface area contributed by atoms with Crippen LogP contribution in [0.5, 0.6) is 0 Å². The molecular weight excluding hydrogens is 180 g/mol. The van der Waals surface area contributed by atoms with Gasteiger partial charge in [-0.2, -0.15) is 5.10 Å². The van der Waals surface area contributed by atoms with Crippen LogP contribution in [-0.4, -0.2) is 20.9 Å². The van der Waals surface area contributed by atoms with E-state index in [-0.39, 0.29) is 5.41 Å². The molecule has 1 N–H and O–H groups in total. The summed E-state index contributed by atoms with van der Waals surface area (Å²) in [6.45, 7) is 7.57. The molecule has 1 atom stereocenters. The molecule has 1 rings (SSSR count). The van der Waals surface area contributed by atoms with Crippen LogP contribution in [0.25, 0.3) is 0 Å². The van der Waals surface area contributed by atoms with E-state index in [4.69, 9.17) is 5.11 Å². The summed E-state index contributed by atoms with van der Waals surface area (Å²) in [6, 6.07) is -0.615. The summed E-state index contributed by atoms with van der Waals surface area (Å²) in [5, 5.41) is 13.2. The highest BCUT2D eigenvalue weighted by Crippen LogP contribution is 2.30. The Hall–Kier alpha value is -1.32. The number of rotatable bonds is 2. The van der Waals surface area contributed by atoms with Crippen LogP contribution in [0, 0.1) is 12.3 Å². The molecule has 0 saturated heterocycles. The lowest BCUT2D eigenvalue weighted by Crippen LogP contribution is -2.31. The average Bonchev–Trinajstić information content (AvgIpc) is 2.31. The quantitative estimate of drug-likeness (QED) is 0.785. The molecule has 0 radical (unpaired) electrons. The minimum atomic E-state index is -0.847. The molecule has 14 heavy (non-hydrogen) atoms. The zero-order chi connectivity index (χ0) is 10.9. The van der Waals surface area contributed by atoms with Crippen molar-refractivity contribution in [2.24, 2.45) is 5.41 Å². The number of carbonyl (C=O) groups is 1. The first-order valence-electron chi connectivity index (χ1n) is 4.56. The van der Waals surface area contributed by atoms with Gasteiger partial charge in [0.25, 0.3) is 0 Å². The second-order valence-corrected chi connectivity index (χ2v) is 4.60. The second kappa shape index (κ2) is 3.44. The van der Waals surface area contributed by atoms with Gasteiger partial charge in [0.05, 0.1) is 6.20 Å². The van der Waals surface area contributed by atoms with E-state index in [9.17, 15) is 4.79 Å². The Labute approximate surface area is 83.5 Å². The molecule has 0 amide bonds. The fourth-order valence-corrected chi connectivity index (χ4v) is 1.45. The smallest absolute Gasteiger partial charge is 0.329 e. The minimum absolute atomic E-state index is 0.343. The van der Waals surface area contributed by atoms with Crippen molar-refractivity contribution in [3.63, 3.8) is 0 Å². The van der Waals surface area contributed by atoms with Crippen molar-refractivity contribution >= 4 is 5.97 Å². The maximum atomic E-state index is 11.1. The van der Waals surface area contributed by atoms with Crippen LogP contribution in [0.4, 0.5) is 0 Å². The predicted molar refractivity (Wildman–Crippen MR) is 53.1 cm³/mol. The Morgan fingerprint density at radius 2 is 2.14 bits per heavy atom. The molecule has 0 aromatic carbocycles. The lowest BCUT2D eigenvalue weighted by molar-refractivity contribution is -0.144. The molecule has 0 fully saturated rings. The summed E-state index contributed by atoms with van der Waals surface area (Å²) in [5.41, 5.74) is 0.630. The van der Waals surface area contributed by atoms with Crippen molar-refractivity contribution in [3.05, 3.63) is 18.0 Å². The summed E-state index contributed by atoms with van der Waals surface area (Å²) >= 11 is 0. The molecule has 0 aliphatic rings. The molecule has 4 heteroatoms. The summed E-state index contributed by atoms with van der Waals surface area (Å²) in [7, 11) is 0. The van der Waals surface area contributed by atoms with Gasteiger partial charge in [-0.1, -0.05) is 20.8 Å². The van der Waals surface area contributed by atoms with Crippen LogP contribution < -0.4 is 0 Å².